The molecule has 0 radical (unpaired) electrons. The number of nitrogens with two attached hydrogens (primary N) is 1. The molecule has 3 aliphatic rings. The van der Waals surface area contributed by atoms with E-state index in [9.17, 15) is 9.59 Å². The fourth-order valence-electron chi connectivity index (χ4n) is 5.10. The van der Waals surface area contributed by atoms with Gasteiger partial charge in [0.1, 0.15) is 23.4 Å². The Hall–Kier alpha value is -2.07. The van der Waals surface area contributed by atoms with Crippen LogP contribution in [0.25, 0.3) is 0 Å². The van der Waals surface area contributed by atoms with Crippen molar-refractivity contribution in [1.82, 2.24) is 5.32 Å². The molecule has 1 aromatic carbocycles. The normalized spacial score (nSPS) is 33.8. The summed E-state index contributed by atoms with van der Waals surface area (Å²) in [5, 5.41) is 2.33. The van der Waals surface area contributed by atoms with E-state index in [1.54, 1.807) is 19.2 Å². The van der Waals surface area contributed by atoms with E-state index in [4.69, 9.17) is 24.7 Å². The van der Waals surface area contributed by atoms with Crippen LogP contribution in [-0.4, -0.2) is 61.0 Å². The lowest BCUT2D eigenvalue weighted by Crippen LogP contribution is -2.56. The third kappa shape index (κ3) is 5.43. The molecular formula is C25H34N2O6S. The van der Waals surface area contributed by atoms with Crippen LogP contribution in [-0.2, 0) is 23.7 Å². The summed E-state index contributed by atoms with van der Waals surface area (Å²) in [5.41, 5.74) is 6.88. The number of carbonyl (C=O) groups excluding carboxylic acids is 2. The molecule has 1 spiro atoms. The maximum Gasteiger partial charge on any atom is 0.414 e. The van der Waals surface area contributed by atoms with E-state index in [0.717, 1.165) is 17.7 Å². The van der Waals surface area contributed by atoms with E-state index >= 15 is 0 Å². The Labute approximate surface area is 204 Å². The van der Waals surface area contributed by atoms with Gasteiger partial charge in [0.25, 0.3) is 0 Å². The highest BCUT2D eigenvalue weighted by Gasteiger charge is 2.72. The second kappa shape index (κ2) is 9.89. The number of ether oxygens (including phenoxy) is 4. The zero-order valence-corrected chi connectivity index (χ0v) is 21.0. The fourth-order valence-corrected chi connectivity index (χ4v) is 5.80. The lowest BCUT2D eigenvalue weighted by molar-refractivity contribution is -0.124. The number of benzene rings is 1. The molecule has 4 rings (SSSR count). The maximum atomic E-state index is 12.5. The molecule has 3 N–H and O–H groups in total. The summed E-state index contributed by atoms with van der Waals surface area (Å²) in [7, 11) is 1.62. The van der Waals surface area contributed by atoms with Crippen molar-refractivity contribution < 1.29 is 28.5 Å². The van der Waals surface area contributed by atoms with Gasteiger partial charge in [0.2, 0.25) is 5.91 Å². The predicted octanol–water partition coefficient (Wildman–Crippen LogP) is 3.69. The molecule has 8 nitrogen and oxygen atoms in total. The SMILES string of the molecule is CO[C@H]1C(C2(C)O[C@@H]2CC=C(C)C)[C@]2(CC[C@H]1OC(=O)NC(=O)CSc1ccc(N)cc1)CO2. The van der Waals surface area contributed by atoms with Crippen molar-refractivity contribution in [3.63, 3.8) is 0 Å². The van der Waals surface area contributed by atoms with Gasteiger partial charge in [0, 0.05) is 17.7 Å². The van der Waals surface area contributed by atoms with Crippen molar-refractivity contribution in [2.45, 2.75) is 74.4 Å². The first kappa shape index (κ1) is 25.0. The van der Waals surface area contributed by atoms with E-state index in [1.165, 1.54) is 17.3 Å². The maximum absolute atomic E-state index is 12.5. The van der Waals surface area contributed by atoms with Crippen LogP contribution in [0, 0.1) is 5.92 Å². The van der Waals surface area contributed by atoms with Gasteiger partial charge in [0.15, 0.2) is 0 Å². The van der Waals surface area contributed by atoms with E-state index in [0.29, 0.717) is 18.7 Å². The van der Waals surface area contributed by atoms with Crippen molar-refractivity contribution in [1.29, 1.82) is 0 Å². The summed E-state index contributed by atoms with van der Waals surface area (Å²) in [4.78, 5) is 25.7. The minimum Gasteiger partial charge on any atom is -0.443 e. The number of carbonyl (C=O) groups is 2. The lowest BCUT2D eigenvalue weighted by atomic mass is 9.68. The molecule has 1 saturated carbocycles. The molecule has 6 atom stereocenters. The molecule has 2 unspecified atom stereocenters. The van der Waals surface area contributed by atoms with Gasteiger partial charge in [-0.3, -0.25) is 10.1 Å². The van der Waals surface area contributed by atoms with E-state index in [1.807, 2.05) is 12.1 Å². The number of nitrogens with one attached hydrogen (secondary N) is 1. The van der Waals surface area contributed by atoms with Crippen LogP contribution >= 0.6 is 11.8 Å². The molecule has 3 fully saturated rings. The molecule has 1 aliphatic carbocycles. The van der Waals surface area contributed by atoms with Crippen LogP contribution in [0.3, 0.4) is 0 Å². The smallest absolute Gasteiger partial charge is 0.414 e. The van der Waals surface area contributed by atoms with Crippen molar-refractivity contribution in [2.24, 2.45) is 5.92 Å². The number of allylic oxidation sites excluding steroid dienone is 1. The average molecular weight is 491 g/mol. The summed E-state index contributed by atoms with van der Waals surface area (Å²) in [5.74, 6) is -0.395. The molecular weight excluding hydrogens is 456 g/mol. The number of hydrogen-bond acceptors (Lipinski definition) is 8. The zero-order chi connectivity index (χ0) is 24.5. The Kier molecular flexibility index (Phi) is 7.28. The third-order valence-corrected chi connectivity index (χ3v) is 8.00. The van der Waals surface area contributed by atoms with Gasteiger partial charge in [-0.1, -0.05) is 11.6 Å². The van der Waals surface area contributed by atoms with Gasteiger partial charge in [-0.25, -0.2) is 4.79 Å². The van der Waals surface area contributed by atoms with E-state index in [-0.39, 0.29) is 29.5 Å². The summed E-state index contributed by atoms with van der Waals surface area (Å²) in [6.07, 6.45) is 2.80. The molecule has 2 amide bonds. The average Bonchev–Trinajstić information content (AvgIpc) is 3.70. The van der Waals surface area contributed by atoms with Crippen molar-refractivity contribution in [3.05, 3.63) is 35.9 Å². The minimum atomic E-state index is -0.760. The number of thioether (sulfide) groups is 1. The zero-order valence-electron chi connectivity index (χ0n) is 20.2. The highest BCUT2D eigenvalue weighted by molar-refractivity contribution is 8.00. The van der Waals surface area contributed by atoms with Crippen LogP contribution in [0.5, 0.6) is 0 Å². The van der Waals surface area contributed by atoms with Crippen molar-refractivity contribution in [3.8, 4) is 0 Å². The summed E-state index contributed by atoms with van der Waals surface area (Å²) in [6, 6.07) is 7.20. The van der Waals surface area contributed by atoms with Crippen LogP contribution in [0.2, 0.25) is 0 Å². The second-order valence-electron chi connectivity index (χ2n) is 9.73. The Bertz CT molecular complexity index is 943. The minimum absolute atomic E-state index is 0.0658. The van der Waals surface area contributed by atoms with Gasteiger partial charge in [0.05, 0.1) is 24.4 Å². The number of epoxide rings is 2. The molecule has 9 heteroatoms. The highest BCUT2D eigenvalue weighted by Crippen LogP contribution is 2.59. The second-order valence-corrected chi connectivity index (χ2v) is 10.8. The molecule has 0 aromatic heterocycles. The van der Waals surface area contributed by atoms with Crippen LogP contribution in [0.15, 0.2) is 40.8 Å². The monoisotopic (exact) mass is 490 g/mol. The van der Waals surface area contributed by atoms with Gasteiger partial charge < -0.3 is 24.7 Å². The molecule has 186 valence electrons. The number of anilines is 1. The van der Waals surface area contributed by atoms with E-state index in [2.05, 4.69) is 32.2 Å². The molecule has 0 bridgehead atoms. The Balaban J connectivity index is 1.34. The first-order valence-electron chi connectivity index (χ1n) is 11.6. The highest BCUT2D eigenvalue weighted by atomic mass is 32.2. The third-order valence-electron chi connectivity index (χ3n) is 6.99. The van der Waals surface area contributed by atoms with E-state index < -0.39 is 23.7 Å². The summed E-state index contributed by atoms with van der Waals surface area (Å²) in [6.45, 7) is 6.90. The first-order chi connectivity index (χ1) is 16.2. The molecule has 2 heterocycles. The molecule has 34 heavy (non-hydrogen) atoms. The molecule has 2 aliphatic heterocycles. The summed E-state index contributed by atoms with van der Waals surface area (Å²) < 4.78 is 23.7. The topological polar surface area (TPSA) is 116 Å². The number of hydrogen-bond donors (Lipinski definition) is 2. The Morgan fingerprint density at radius 2 is 2.00 bits per heavy atom. The van der Waals surface area contributed by atoms with Gasteiger partial charge in [-0.15, -0.1) is 11.8 Å². The number of amides is 2. The Morgan fingerprint density at radius 1 is 1.29 bits per heavy atom. The number of methoxy groups -OCH3 is 1. The summed E-state index contributed by atoms with van der Waals surface area (Å²) >= 11 is 1.32. The Morgan fingerprint density at radius 3 is 2.62 bits per heavy atom. The number of nitrogen functional groups attached to an aromatic ring is 1. The number of alkyl carbamates (subject to hydrolysis) is 1. The molecule has 1 aromatic rings. The standard InChI is InChI=1S/C25H34N2O6S/c1-15(2)5-10-19-24(3,33-19)22-21(30-4)18(11-12-25(22)14-31-25)32-23(29)27-20(28)13-34-17-8-6-16(26)7-9-17/h5-9,18-19,21-22H,10-14,26H2,1-4H3,(H,27,28,29)/t18-,19-,21-,22?,24?,25+/m1/s1. The quantitative estimate of drug-likeness (QED) is 0.245. The molecule has 2 saturated heterocycles. The largest absolute Gasteiger partial charge is 0.443 e. The number of imide groups is 1. The lowest BCUT2D eigenvalue weighted by Gasteiger charge is -2.42. The van der Waals surface area contributed by atoms with Crippen LogP contribution in [0.1, 0.15) is 40.0 Å². The van der Waals surface area contributed by atoms with Crippen molar-refractivity contribution in [2.75, 3.05) is 25.2 Å². The van der Waals surface area contributed by atoms with Gasteiger partial charge in [-0.05, 0) is 64.3 Å². The first-order valence-corrected chi connectivity index (χ1v) is 12.6. The van der Waals surface area contributed by atoms with Crippen LogP contribution in [0.4, 0.5) is 10.5 Å². The van der Waals surface area contributed by atoms with Gasteiger partial charge >= 0.3 is 6.09 Å². The van der Waals surface area contributed by atoms with Crippen molar-refractivity contribution >= 4 is 29.4 Å². The van der Waals surface area contributed by atoms with Gasteiger partial charge in [-0.2, -0.15) is 0 Å². The van der Waals surface area contributed by atoms with Crippen LogP contribution < -0.4 is 11.1 Å². The number of rotatable bonds is 8. The predicted molar refractivity (Wildman–Crippen MR) is 130 cm³/mol. The fraction of sp³-hybridized carbons (Fsp3) is 0.600.